The molecule has 2 aromatic carbocycles. The maximum atomic E-state index is 12.0. The lowest BCUT2D eigenvalue weighted by molar-refractivity contribution is -0.110. The summed E-state index contributed by atoms with van der Waals surface area (Å²) in [6.45, 7) is 0. The van der Waals surface area contributed by atoms with Gasteiger partial charge in [0.2, 0.25) is 0 Å². The summed E-state index contributed by atoms with van der Waals surface area (Å²) in [5.41, 5.74) is 9.99. The van der Waals surface area contributed by atoms with Crippen LogP contribution in [0, 0.1) is 11.3 Å². The maximum Gasteiger partial charge on any atom is 0.256 e. The highest BCUT2D eigenvalue weighted by atomic mass is 16.2. The van der Waals surface area contributed by atoms with Crippen LogP contribution in [0.3, 0.4) is 0 Å². The van der Waals surface area contributed by atoms with Gasteiger partial charge in [0, 0.05) is 22.5 Å². The molecule has 0 atom stereocenters. The molecule has 0 radical (unpaired) electrons. The molecule has 2 aromatic rings. The molecule has 1 amide bonds. The molecule has 3 rings (SSSR count). The number of nitrogens with one attached hydrogen (secondary N) is 1. The molecule has 0 spiro atoms. The Balaban J connectivity index is 2.06. The molecule has 0 saturated heterocycles. The van der Waals surface area contributed by atoms with Crippen molar-refractivity contribution in [2.75, 3.05) is 11.1 Å². The van der Waals surface area contributed by atoms with E-state index in [4.69, 9.17) is 11.0 Å². The molecule has 4 nitrogen and oxygen atoms in total. The monoisotopic (exact) mass is 261 g/mol. The maximum absolute atomic E-state index is 12.0. The van der Waals surface area contributed by atoms with E-state index in [1.54, 1.807) is 36.4 Å². The highest BCUT2D eigenvalue weighted by molar-refractivity contribution is 6.35. The Morgan fingerprint density at radius 2 is 1.90 bits per heavy atom. The molecule has 3 N–H and O–H groups in total. The number of nitrogens with two attached hydrogens (primary N) is 1. The highest BCUT2D eigenvalue weighted by Crippen LogP contribution is 2.34. The van der Waals surface area contributed by atoms with Crippen molar-refractivity contribution in [3.63, 3.8) is 0 Å². The summed E-state index contributed by atoms with van der Waals surface area (Å²) in [5.74, 6) is -0.144. The molecule has 0 aromatic heterocycles. The summed E-state index contributed by atoms with van der Waals surface area (Å²) in [6, 6.07) is 14.5. The number of amides is 1. The lowest BCUT2D eigenvalue weighted by Crippen LogP contribution is -2.03. The zero-order valence-corrected chi connectivity index (χ0v) is 10.6. The van der Waals surface area contributed by atoms with Crippen LogP contribution in [-0.4, -0.2) is 5.91 Å². The fourth-order valence-corrected chi connectivity index (χ4v) is 2.17. The van der Waals surface area contributed by atoms with Crippen molar-refractivity contribution >= 4 is 28.9 Å². The Kier molecular flexibility index (Phi) is 2.73. The molecular weight excluding hydrogens is 250 g/mol. The minimum Gasteiger partial charge on any atom is -0.399 e. The van der Waals surface area contributed by atoms with Gasteiger partial charge in [-0.05, 0) is 42.0 Å². The van der Waals surface area contributed by atoms with E-state index in [-0.39, 0.29) is 5.91 Å². The first-order valence-electron chi connectivity index (χ1n) is 6.10. The van der Waals surface area contributed by atoms with Crippen molar-refractivity contribution < 1.29 is 4.79 Å². The molecule has 0 bridgehead atoms. The lowest BCUT2D eigenvalue weighted by Gasteiger charge is -2.00. The number of rotatable bonds is 1. The van der Waals surface area contributed by atoms with Crippen LogP contribution in [0.4, 0.5) is 11.4 Å². The molecule has 0 fully saturated rings. The second-order valence-electron chi connectivity index (χ2n) is 4.55. The van der Waals surface area contributed by atoms with E-state index in [0.29, 0.717) is 16.8 Å². The number of benzene rings is 2. The van der Waals surface area contributed by atoms with Crippen LogP contribution in [-0.2, 0) is 4.79 Å². The molecule has 0 aliphatic carbocycles. The number of carbonyl (C=O) groups excluding carboxylic acids is 1. The highest BCUT2D eigenvalue weighted by Gasteiger charge is 2.23. The Morgan fingerprint density at radius 1 is 1.15 bits per heavy atom. The van der Waals surface area contributed by atoms with Gasteiger partial charge >= 0.3 is 0 Å². The van der Waals surface area contributed by atoms with Gasteiger partial charge < -0.3 is 11.1 Å². The summed E-state index contributed by atoms with van der Waals surface area (Å²) < 4.78 is 0. The first-order chi connectivity index (χ1) is 9.67. The van der Waals surface area contributed by atoms with Crippen LogP contribution in [0.15, 0.2) is 42.5 Å². The van der Waals surface area contributed by atoms with Gasteiger partial charge in [-0.2, -0.15) is 5.26 Å². The van der Waals surface area contributed by atoms with Crippen molar-refractivity contribution in [2.24, 2.45) is 0 Å². The quantitative estimate of drug-likeness (QED) is 0.611. The predicted octanol–water partition coefficient (Wildman–Crippen LogP) is 2.63. The van der Waals surface area contributed by atoms with Crippen molar-refractivity contribution in [1.82, 2.24) is 0 Å². The second kappa shape index (κ2) is 4.56. The summed E-state index contributed by atoms with van der Waals surface area (Å²) in [7, 11) is 0. The average Bonchev–Trinajstić information content (AvgIpc) is 2.76. The minimum atomic E-state index is -0.144. The number of nitrogens with zero attached hydrogens (tertiary/aromatic N) is 1. The Hall–Kier alpha value is -3.06. The van der Waals surface area contributed by atoms with Gasteiger partial charge in [-0.25, -0.2) is 0 Å². The SMILES string of the molecule is N#Cc1ccc(/C=C2\C(=O)Nc3ccc(N)cc32)cc1. The molecule has 96 valence electrons. The van der Waals surface area contributed by atoms with Crippen LogP contribution in [0.5, 0.6) is 0 Å². The fraction of sp³-hybridized carbons (Fsp3) is 0. The van der Waals surface area contributed by atoms with E-state index in [9.17, 15) is 4.79 Å². The Labute approximate surface area is 116 Å². The van der Waals surface area contributed by atoms with E-state index < -0.39 is 0 Å². The van der Waals surface area contributed by atoms with Crippen molar-refractivity contribution in [3.8, 4) is 6.07 Å². The van der Waals surface area contributed by atoms with Crippen LogP contribution in [0.1, 0.15) is 16.7 Å². The number of nitriles is 1. The standard InChI is InChI=1S/C16H11N3O/c17-9-11-3-1-10(2-4-11)7-14-13-8-12(18)5-6-15(13)19-16(14)20/h1-8H,18H2,(H,19,20)/b14-7-. The summed E-state index contributed by atoms with van der Waals surface area (Å²) in [4.78, 5) is 12.0. The number of fused-ring (bicyclic) bond motifs is 1. The van der Waals surface area contributed by atoms with E-state index in [1.807, 2.05) is 12.1 Å². The molecule has 1 heterocycles. The third-order valence-electron chi connectivity index (χ3n) is 3.18. The van der Waals surface area contributed by atoms with E-state index >= 15 is 0 Å². The lowest BCUT2D eigenvalue weighted by atomic mass is 10.0. The molecular formula is C16H11N3O. The molecule has 0 unspecified atom stereocenters. The molecule has 1 aliphatic rings. The zero-order chi connectivity index (χ0) is 14.1. The van der Waals surface area contributed by atoms with Gasteiger partial charge in [-0.3, -0.25) is 4.79 Å². The van der Waals surface area contributed by atoms with Gasteiger partial charge in [0.1, 0.15) is 0 Å². The predicted molar refractivity (Wildman–Crippen MR) is 78.5 cm³/mol. The first-order valence-corrected chi connectivity index (χ1v) is 6.10. The topological polar surface area (TPSA) is 78.9 Å². The molecule has 20 heavy (non-hydrogen) atoms. The average molecular weight is 261 g/mol. The van der Waals surface area contributed by atoms with Gasteiger partial charge in [-0.1, -0.05) is 12.1 Å². The zero-order valence-electron chi connectivity index (χ0n) is 10.6. The second-order valence-corrected chi connectivity index (χ2v) is 4.55. The van der Waals surface area contributed by atoms with Gasteiger partial charge in [0.05, 0.1) is 11.6 Å². The van der Waals surface area contributed by atoms with Crippen molar-refractivity contribution in [2.45, 2.75) is 0 Å². The fourth-order valence-electron chi connectivity index (χ4n) is 2.17. The van der Waals surface area contributed by atoms with Crippen molar-refractivity contribution in [3.05, 3.63) is 59.2 Å². The van der Waals surface area contributed by atoms with Crippen LogP contribution < -0.4 is 11.1 Å². The number of carbonyl (C=O) groups is 1. The van der Waals surface area contributed by atoms with E-state index in [0.717, 1.165) is 16.8 Å². The third-order valence-corrected chi connectivity index (χ3v) is 3.18. The summed E-state index contributed by atoms with van der Waals surface area (Å²) in [6.07, 6.45) is 1.79. The molecule has 4 heteroatoms. The number of hydrogen-bond acceptors (Lipinski definition) is 3. The number of hydrogen-bond donors (Lipinski definition) is 2. The third kappa shape index (κ3) is 2.02. The number of nitrogen functional groups attached to an aromatic ring is 1. The van der Waals surface area contributed by atoms with Crippen LogP contribution in [0.25, 0.3) is 11.6 Å². The Bertz CT molecular complexity index is 767. The van der Waals surface area contributed by atoms with Gasteiger partial charge in [0.15, 0.2) is 0 Å². The van der Waals surface area contributed by atoms with Gasteiger partial charge in [-0.15, -0.1) is 0 Å². The van der Waals surface area contributed by atoms with Crippen molar-refractivity contribution in [1.29, 1.82) is 5.26 Å². The first kappa shape index (κ1) is 12.0. The minimum absolute atomic E-state index is 0.144. The van der Waals surface area contributed by atoms with Crippen LogP contribution in [0.2, 0.25) is 0 Å². The van der Waals surface area contributed by atoms with E-state index in [2.05, 4.69) is 11.4 Å². The van der Waals surface area contributed by atoms with Crippen LogP contribution >= 0.6 is 0 Å². The normalized spacial score (nSPS) is 14.8. The molecule has 1 aliphatic heterocycles. The largest absolute Gasteiger partial charge is 0.399 e. The smallest absolute Gasteiger partial charge is 0.256 e. The van der Waals surface area contributed by atoms with E-state index in [1.165, 1.54) is 0 Å². The summed E-state index contributed by atoms with van der Waals surface area (Å²) >= 11 is 0. The Morgan fingerprint density at radius 3 is 2.60 bits per heavy atom. The molecule has 0 saturated carbocycles. The summed E-state index contributed by atoms with van der Waals surface area (Å²) in [5, 5.41) is 11.6. The number of anilines is 2. The van der Waals surface area contributed by atoms with Gasteiger partial charge in [0.25, 0.3) is 5.91 Å².